The number of carbonyl (C=O) groups excluding carboxylic acids is 1. The molecule has 28 heavy (non-hydrogen) atoms. The lowest BCUT2D eigenvalue weighted by Gasteiger charge is -2.35. The van der Waals surface area contributed by atoms with Crippen LogP contribution in [0.4, 0.5) is 0 Å². The zero-order valence-electron chi connectivity index (χ0n) is 16.2. The van der Waals surface area contributed by atoms with E-state index in [0.29, 0.717) is 19.4 Å². The third-order valence-electron chi connectivity index (χ3n) is 5.59. The lowest BCUT2D eigenvalue weighted by atomic mass is 10.0. The molecular formula is C23H28N2O3. The standard InChI is InChI=1S/C23H28N2O3/c26-23(12-10-18-9-11-21-22(15-18)28-17-27-21)24-16-20(19-7-3-1-4-8-19)25-13-5-2-6-14-25/h1,3-4,7-9,11,15,20H,2,5-6,10,12-14,16-17H2,(H,24,26). The second-order valence-electron chi connectivity index (χ2n) is 7.51. The number of nitrogens with one attached hydrogen (secondary N) is 1. The summed E-state index contributed by atoms with van der Waals surface area (Å²) in [5.74, 6) is 1.64. The fourth-order valence-corrected chi connectivity index (χ4v) is 4.02. The summed E-state index contributed by atoms with van der Waals surface area (Å²) in [6.45, 7) is 3.14. The molecule has 5 heteroatoms. The monoisotopic (exact) mass is 380 g/mol. The van der Waals surface area contributed by atoms with Crippen molar-refractivity contribution < 1.29 is 14.3 Å². The maximum Gasteiger partial charge on any atom is 0.231 e. The molecule has 4 rings (SSSR count). The van der Waals surface area contributed by atoms with Crippen molar-refractivity contribution in [2.45, 2.75) is 38.1 Å². The van der Waals surface area contributed by atoms with Crippen molar-refractivity contribution in [1.82, 2.24) is 10.2 Å². The number of benzene rings is 2. The molecule has 0 bridgehead atoms. The summed E-state index contributed by atoms with van der Waals surface area (Å²) in [7, 11) is 0. The van der Waals surface area contributed by atoms with E-state index >= 15 is 0 Å². The quantitative estimate of drug-likeness (QED) is 0.796. The summed E-state index contributed by atoms with van der Waals surface area (Å²) in [4.78, 5) is 15.0. The fourth-order valence-electron chi connectivity index (χ4n) is 4.02. The Kier molecular flexibility index (Phi) is 6.12. The number of hydrogen-bond donors (Lipinski definition) is 1. The Bertz CT molecular complexity index is 788. The van der Waals surface area contributed by atoms with Crippen molar-refractivity contribution in [3.05, 3.63) is 59.7 Å². The van der Waals surface area contributed by atoms with Gasteiger partial charge in [-0.05, 0) is 55.6 Å². The average molecular weight is 380 g/mol. The van der Waals surface area contributed by atoms with Crippen molar-refractivity contribution in [2.24, 2.45) is 0 Å². The van der Waals surface area contributed by atoms with E-state index in [1.54, 1.807) is 0 Å². The van der Waals surface area contributed by atoms with Crippen molar-refractivity contribution in [3.63, 3.8) is 0 Å². The summed E-state index contributed by atoms with van der Waals surface area (Å²) in [6, 6.07) is 16.7. The van der Waals surface area contributed by atoms with Gasteiger partial charge in [0.1, 0.15) is 0 Å². The Balaban J connectivity index is 1.32. The van der Waals surface area contributed by atoms with Gasteiger partial charge in [0.25, 0.3) is 0 Å². The Morgan fingerprint density at radius 3 is 2.61 bits per heavy atom. The van der Waals surface area contributed by atoms with Crippen molar-refractivity contribution in [2.75, 3.05) is 26.4 Å². The van der Waals surface area contributed by atoms with Gasteiger partial charge >= 0.3 is 0 Å². The molecule has 0 radical (unpaired) electrons. The number of hydrogen-bond acceptors (Lipinski definition) is 4. The van der Waals surface area contributed by atoms with Crippen LogP contribution >= 0.6 is 0 Å². The van der Waals surface area contributed by atoms with Gasteiger partial charge < -0.3 is 14.8 Å². The van der Waals surface area contributed by atoms with Crippen LogP contribution in [0, 0.1) is 0 Å². The van der Waals surface area contributed by atoms with E-state index in [4.69, 9.17) is 9.47 Å². The molecule has 0 saturated carbocycles. The van der Waals surface area contributed by atoms with E-state index in [9.17, 15) is 4.79 Å². The zero-order valence-corrected chi connectivity index (χ0v) is 16.2. The normalized spacial score (nSPS) is 17.3. The van der Waals surface area contributed by atoms with E-state index in [-0.39, 0.29) is 18.7 Å². The van der Waals surface area contributed by atoms with E-state index in [0.717, 1.165) is 30.2 Å². The van der Waals surface area contributed by atoms with Crippen molar-refractivity contribution in [3.8, 4) is 11.5 Å². The van der Waals surface area contributed by atoms with Crippen molar-refractivity contribution in [1.29, 1.82) is 0 Å². The molecule has 2 heterocycles. The summed E-state index contributed by atoms with van der Waals surface area (Å²) in [6.07, 6.45) is 4.95. The lowest BCUT2D eigenvalue weighted by molar-refractivity contribution is -0.121. The predicted molar refractivity (Wildman–Crippen MR) is 109 cm³/mol. The number of fused-ring (bicyclic) bond motifs is 1. The molecule has 1 amide bonds. The minimum atomic E-state index is 0.0932. The molecule has 0 spiro atoms. The zero-order chi connectivity index (χ0) is 19.2. The summed E-state index contributed by atoms with van der Waals surface area (Å²) < 4.78 is 10.8. The van der Waals surface area contributed by atoms with Crippen LogP contribution < -0.4 is 14.8 Å². The summed E-state index contributed by atoms with van der Waals surface area (Å²) >= 11 is 0. The average Bonchev–Trinajstić information content (AvgIpc) is 3.22. The highest BCUT2D eigenvalue weighted by Gasteiger charge is 2.22. The maximum absolute atomic E-state index is 12.5. The molecule has 1 N–H and O–H groups in total. The number of nitrogens with zero attached hydrogens (tertiary/aromatic N) is 1. The fraction of sp³-hybridized carbons (Fsp3) is 0.435. The molecule has 2 aliphatic rings. The topological polar surface area (TPSA) is 50.8 Å². The number of rotatable bonds is 7. The third kappa shape index (κ3) is 4.65. The van der Waals surface area contributed by atoms with Crippen LogP contribution in [0.3, 0.4) is 0 Å². The van der Waals surface area contributed by atoms with Crippen LogP contribution in [-0.2, 0) is 11.2 Å². The highest BCUT2D eigenvalue weighted by Crippen LogP contribution is 2.32. The first-order valence-electron chi connectivity index (χ1n) is 10.2. The number of carbonyl (C=O) groups is 1. The number of amides is 1. The molecule has 148 valence electrons. The molecule has 2 aromatic carbocycles. The Morgan fingerprint density at radius 1 is 1.00 bits per heavy atom. The highest BCUT2D eigenvalue weighted by molar-refractivity contribution is 5.76. The first-order valence-corrected chi connectivity index (χ1v) is 10.2. The molecular weight excluding hydrogens is 352 g/mol. The maximum atomic E-state index is 12.5. The third-order valence-corrected chi connectivity index (χ3v) is 5.59. The van der Waals surface area contributed by atoms with Gasteiger partial charge in [-0.15, -0.1) is 0 Å². The molecule has 1 saturated heterocycles. The smallest absolute Gasteiger partial charge is 0.231 e. The molecule has 2 aliphatic heterocycles. The van der Waals surface area contributed by atoms with Crippen molar-refractivity contribution >= 4 is 5.91 Å². The van der Waals surface area contributed by atoms with Gasteiger partial charge in [-0.3, -0.25) is 9.69 Å². The minimum absolute atomic E-state index is 0.0932. The van der Waals surface area contributed by atoms with Gasteiger partial charge in [0, 0.05) is 13.0 Å². The van der Waals surface area contributed by atoms with Crippen LogP contribution in [-0.4, -0.2) is 37.2 Å². The number of likely N-dealkylation sites (tertiary alicyclic amines) is 1. The predicted octanol–water partition coefficient (Wildman–Crippen LogP) is 3.69. The first-order chi connectivity index (χ1) is 13.8. The van der Waals surface area contributed by atoms with E-state index in [2.05, 4.69) is 34.5 Å². The highest BCUT2D eigenvalue weighted by atomic mass is 16.7. The summed E-state index contributed by atoms with van der Waals surface area (Å²) in [5.41, 5.74) is 2.37. The largest absolute Gasteiger partial charge is 0.454 e. The van der Waals surface area contributed by atoms with Gasteiger partial charge in [0.15, 0.2) is 11.5 Å². The van der Waals surface area contributed by atoms with E-state index in [1.165, 1.54) is 24.8 Å². The van der Waals surface area contributed by atoms with Crippen LogP contribution in [0.15, 0.2) is 48.5 Å². The van der Waals surface area contributed by atoms with Gasteiger partial charge in [0.2, 0.25) is 12.7 Å². The molecule has 0 aliphatic carbocycles. The SMILES string of the molecule is O=C(CCc1ccc2c(c1)OCO2)NCC(c1ccccc1)N1CCCCC1. The van der Waals surface area contributed by atoms with Crippen LogP contribution in [0.1, 0.15) is 42.9 Å². The second kappa shape index (κ2) is 9.11. The number of aryl methyl sites for hydroxylation is 1. The second-order valence-corrected chi connectivity index (χ2v) is 7.51. The van der Waals surface area contributed by atoms with Crippen LogP contribution in [0.2, 0.25) is 0 Å². The molecule has 1 fully saturated rings. The van der Waals surface area contributed by atoms with Gasteiger partial charge in [-0.25, -0.2) is 0 Å². The van der Waals surface area contributed by atoms with Crippen LogP contribution in [0.5, 0.6) is 11.5 Å². The minimum Gasteiger partial charge on any atom is -0.454 e. The first kappa shape index (κ1) is 18.8. The molecule has 2 aromatic rings. The molecule has 1 unspecified atom stereocenters. The van der Waals surface area contributed by atoms with Gasteiger partial charge in [0.05, 0.1) is 6.04 Å². The van der Waals surface area contributed by atoms with E-state index < -0.39 is 0 Å². The Morgan fingerprint density at radius 2 is 1.79 bits per heavy atom. The van der Waals surface area contributed by atoms with Gasteiger partial charge in [-0.1, -0.05) is 42.8 Å². The Hall–Kier alpha value is -2.53. The molecule has 0 aromatic heterocycles. The molecule has 5 nitrogen and oxygen atoms in total. The van der Waals surface area contributed by atoms with E-state index in [1.807, 2.05) is 24.3 Å². The Labute approximate surface area is 166 Å². The lowest BCUT2D eigenvalue weighted by Crippen LogP contribution is -2.40. The van der Waals surface area contributed by atoms with Crippen LogP contribution in [0.25, 0.3) is 0 Å². The van der Waals surface area contributed by atoms with Gasteiger partial charge in [-0.2, -0.15) is 0 Å². The number of ether oxygens (including phenoxy) is 2. The molecule has 1 atom stereocenters. The number of piperidine rings is 1. The summed E-state index contributed by atoms with van der Waals surface area (Å²) in [5, 5.41) is 3.16.